The van der Waals surface area contributed by atoms with Crippen molar-refractivity contribution in [3.8, 4) is 0 Å². The third-order valence-electron chi connectivity index (χ3n) is 3.94. The Labute approximate surface area is 156 Å². The normalized spacial score (nSPS) is 11.3. The number of carbonyl (C=O) groups excluding carboxylic acids is 1. The average Bonchev–Trinajstić information content (AvgIpc) is 2.61. The molecule has 25 heavy (non-hydrogen) atoms. The van der Waals surface area contributed by atoms with E-state index < -0.39 is 0 Å². The van der Waals surface area contributed by atoms with Gasteiger partial charge in [-0.25, -0.2) is 4.99 Å². The molecule has 0 atom stereocenters. The number of aryl methyl sites for hydroxylation is 1. The maximum Gasteiger partial charge on any atom is 0.224 e. The van der Waals surface area contributed by atoms with E-state index in [-0.39, 0.29) is 5.91 Å². The Morgan fingerprint density at radius 3 is 2.52 bits per heavy atom. The predicted molar refractivity (Wildman–Crippen MR) is 108 cm³/mol. The fraction of sp³-hybridized carbons (Fsp3) is 0.579. The van der Waals surface area contributed by atoms with Crippen LogP contribution in [0.5, 0.6) is 0 Å². The first-order valence-corrected chi connectivity index (χ1v) is 10.2. The highest BCUT2D eigenvalue weighted by atomic mass is 32.2. The maximum absolute atomic E-state index is 12.1. The monoisotopic (exact) mass is 364 g/mol. The molecule has 0 unspecified atom stereocenters. The van der Waals surface area contributed by atoms with Gasteiger partial charge in [0.1, 0.15) is 0 Å². The number of guanidine groups is 1. The highest BCUT2D eigenvalue weighted by Gasteiger charge is 2.09. The molecule has 6 heteroatoms. The van der Waals surface area contributed by atoms with Crippen LogP contribution in [0.25, 0.3) is 0 Å². The minimum atomic E-state index is 0.177. The summed E-state index contributed by atoms with van der Waals surface area (Å²) in [5.74, 6) is 0.930. The van der Waals surface area contributed by atoms with Gasteiger partial charge in [0.25, 0.3) is 0 Å². The van der Waals surface area contributed by atoms with Crippen molar-refractivity contribution in [2.24, 2.45) is 4.99 Å². The standard InChI is InChI=1S/C19H32N4OS/c1-6-20-19(21-12-11-18(24)23(7-2)8-3)22-14-16-10-9-15(4)13-17(16)25-5/h9-10,13H,6-8,11-12,14H2,1-5H3,(H2,20,21,22). The van der Waals surface area contributed by atoms with Gasteiger partial charge in [0, 0.05) is 37.5 Å². The molecule has 0 spiro atoms. The lowest BCUT2D eigenvalue weighted by molar-refractivity contribution is -0.130. The van der Waals surface area contributed by atoms with Gasteiger partial charge in [-0.15, -0.1) is 11.8 Å². The zero-order valence-electron chi connectivity index (χ0n) is 16.2. The van der Waals surface area contributed by atoms with Crippen molar-refractivity contribution >= 4 is 23.6 Å². The summed E-state index contributed by atoms with van der Waals surface area (Å²) < 4.78 is 0. The zero-order valence-corrected chi connectivity index (χ0v) is 17.0. The Morgan fingerprint density at radius 1 is 1.20 bits per heavy atom. The van der Waals surface area contributed by atoms with Gasteiger partial charge in [0.15, 0.2) is 5.96 Å². The van der Waals surface area contributed by atoms with Crippen LogP contribution < -0.4 is 10.6 Å². The van der Waals surface area contributed by atoms with Gasteiger partial charge in [0.2, 0.25) is 5.91 Å². The van der Waals surface area contributed by atoms with Crippen LogP contribution in [-0.2, 0) is 11.3 Å². The fourth-order valence-corrected chi connectivity index (χ4v) is 3.21. The molecule has 1 amide bonds. The number of nitrogens with one attached hydrogen (secondary N) is 2. The number of nitrogens with zero attached hydrogens (tertiary/aromatic N) is 2. The lowest BCUT2D eigenvalue weighted by Gasteiger charge is -2.19. The van der Waals surface area contributed by atoms with Gasteiger partial charge in [-0.1, -0.05) is 12.1 Å². The van der Waals surface area contributed by atoms with Gasteiger partial charge in [-0.3, -0.25) is 4.79 Å². The minimum absolute atomic E-state index is 0.177. The Morgan fingerprint density at radius 2 is 1.92 bits per heavy atom. The first-order valence-electron chi connectivity index (χ1n) is 8.99. The quantitative estimate of drug-likeness (QED) is 0.402. The maximum atomic E-state index is 12.1. The SMILES string of the molecule is CCNC(=NCc1ccc(C)cc1SC)NCCC(=O)N(CC)CC. The Kier molecular flexibility index (Phi) is 10.1. The second kappa shape index (κ2) is 11.8. The second-order valence-corrected chi connectivity index (χ2v) is 6.60. The molecule has 0 bridgehead atoms. The van der Waals surface area contributed by atoms with E-state index in [1.807, 2.05) is 25.7 Å². The number of hydrogen-bond donors (Lipinski definition) is 2. The lowest BCUT2D eigenvalue weighted by atomic mass is 10.1. The van der Waals surface area contributed by atoms with Crippen molar-refractivity contribution in [1.82, 2.24) is 15.5 Å². The number of rotatable bonds is 9. The molecule has 0 aliphatic rings. The highest BCUT2D eigenvalue weighted by molar-refractivity contribution is 7.98. The van der Waals surface area contributed by atoms with E-state index >= 15 is 0 Å². The molecular formula is C19H32N4OS. The van der Waals surface area contributed by atoms with E-state index in [1.54, 1.807) is 11.8 Å². The molecule has 0 fully saturated rings. The molecule has 1 aromatic rings. The van der Waals surface area contributed by atoms with Crippen LogP contribution in [0.4, 0.5) is 0 Å². The molecular weight excluding hydrogens is 332 g/mol. The fourth-order valence-electron chi connectivity index (χ4n) is 2.51. The highest BCUT2D eigenvalue weighted by Crippen LogP contribution is 2.22. The minimum Gasteiger partial charge on any atom is -0.357 e. The summed E-state index contributed by atoms with van der Waals surface area (Å²) in [7, 11) is 0. The first-order chi connectivity index (χ1) is 12.0. The van der Waals surface area contributed by atoms with Crippen molar-refractivity contribution in [2.45, 2.75) is 45.6 Å². The van der Waals surface area contributed by atoms with Crippen molar-refractivity contribution in [3.05, 3.63) is 29.3 Å². The van der Waals surface area contributed by atoms with Crippen LogP contribution in [0.2, 0.25) is 0 Å². The molecule has 0 aliphatic carbocycles. The van der Waals surface area contributed by atoms with E-state index in [2.05, 4.69) is 47.0 Å². The average molecular weight is 365 g/mol. The number of thioether (sulfide) groups is 1. The van der Waals surface area contributed by atoms with Crippen LogP contribution in [0.15, 0.2) is 28.1 Å². The third-order valence-corrected chi connectivity index (χ3v) is 4.76. The van der Waals surface area contributed by atoms with Gasteiger partial charge in [-0.05, 0) is 51.1 Å². The van der Waals surface area contributed by atoms with E-state index in [0.717, 1.165) is 25.6 Å². The van der Waals surface area contributed by atoms with Gasteiger partial charge in [-0.2, -0.15) is 0 Å². The summed E-state index contributed by atoms with van der Waals surface area (Å²) in [6, 6.07) is 6.45. The molecule has 1 rings (SSSR count). The summed E-state index contributed by atoms with van der Waals surface area (Å²) in [6.07, 6.45) is 2.57. The van der Waals surface area contributed by atoms with Gasteiger partial charge in [0.05, 0.1) is 6.54 Å². The molecule has 0 radical (unpaired) electrons. The van der Waals surface area contributed by atoms with Crippen molar-refractivity contribution in [3.63, 3.8) is 0 Å². The zero-order chi connectivity index (χ0) is 18.7. The predicted octanol–water partition coefficient (Wildman–Crippen LogP) is 3.03. The summed E-state index contributed by atoms with van der Waals surface area (Å²) in [5.41, 5.74) is 2.48. The number of benzene rings is 1. The number of amides is 1. The topological polar surface area (TPSA) is 56.7 Å². The molecule has 2 N–H and O–H groups in total. The van der Waals surface area contributed by atoms with Crippen LogP contribution in [0.3, 0.4) is 0 Å². The summed E-state index contributed by atoms with van der Waals surface area (Å²) >= 11 is 1.74. The first kappa shape index (κ1) is 21.4. The number of hydrogen-bond acceptors (Lipinski definition) is 3. The Bertz CT molecular complexity index is 571. The van der Waals surface area contributed by atoms with Crippen molar-refractivity contribution in [1.29, 1.82) is 0 Å². The number of carbonyl (C=O) groups is 1. The van der Waals surface area contributed by atoms with Gasteiger partial charge >= 0.3 is 0 Å². The molecule has 1 aromatic carbocycles. The van der Waals surface area contributed by atoms with Crippen LogP contribution >= 0.6 is 11.8 Å². The molecule has 0 saturated carbocycles. The number of aliphatic imine (C=N–C) groups is 1. The molecule has 0 heterocycles. The van der Waals surface area contributed by atoms with E-state index in [4.69, 9.17) is 0 Å². The Hall–Kier alpha value is -1.69. The Balaban J connectivity index is 2.64. The van der Waals surface area contributed by atoms with Crippen LogP contribution in [0, 0.1) is 6.92 Å². The summed E-state index contributed by atoms with van der Waals surface area (Å²) in [6.45, 7) is 11.7. The summed E-state index contributed by atoms with van der Waals surface area (Å²) in [4.78, 5) is 19.8. The molecule has 140 valence electrons. The van der Waals surface area contributed by atoms with E-state index in [9.17, 15) is 4.79 Å². The lowest BCUT2D eigenvalue weighted by Crippen LogP contribution is -2.40. The summed E-state index contributed by atoms with van der Waals surface area (Å²) in [5, 5.41) is 6.50. The molecule has 5 nitrogen and oxygen atoms in total. The largest absolute Gasteiger partial charge is 0.357 e. The van der Waals surface area contributed by atoms with Crippen LogP contribution in [0.1, 0.15) is 38.3 Å². The van der Waals surface area contributed by atoms with Crippen molar-refractivity contribution < 1.29 is 4.79 Å². The smallest absolute Gasteiger partial charge is 0.224 e. The molecule has 0 saturated heterocycles. The van der Waals surface area contributed by atoms with Crippen molar-refractivity contribution in [2.75, 3.05) is 32.4 Å². The van der Waals surface area contributed by atoms with Crippen LogP contribution in [-0.4, -0.2) is 49.2 Å². The second-order valence-electron chi connectivity index (χ2n) is 5.75. The molecule has 0 aromatic heterocycles. The third kappa shape index (κ3) is 7.38. The van der Waals surface area contributed by atoms with E-state index in [1.165, 1.54) is 16.0 Å². The van der Waals surface area contributed by atoms with E-state index in [0.29, 0.717) is 19.5 Å². The van der Waals surface area contributed by atoms with Gasteiger partial charge < -0.3 is 15.5 Å². The molecule has 0 aliphatic heterocycles.